The third-order valence-electron chi connectivity index (χ3n) is 4.04. The zero-order valence-electron chi connectivity index (χ0n) is 15.1. The van der Waals surface area contributed by atoms with Crippen molar-refractivity contribution in [3.63, 3.8) is 0 Å². The van der Waals surface area contributed by atoms with Crippen LogP contribution in [0.5, 0.6) is 0 Å². The van der Waals surface area contributed by atoms with Crippen molar-refractivity contribution in [1.29, 1.82) is 0 Å². The van der Waals surface area contributed by atoms with E-state index >= 15 is 0 Å². The maximum Gasteiger partial charge on any atom is 0.500 e. The van der Waals surface area contributed by atoms with Crippen molar-refractivity contribution in [2.24, 2.45) is 0 Å². The van der Waals surface area contributed by atoms with Crippen LogP contribution in [0.1, 0.15) is 27.2 Å². The molecule has 1 aliphatic rings. The van der Waals surface area contributed by atoms with Crippen LogP contribution >= 0.6 is 0 Å². The summed E-state index contributed by atoms with van der Waals surface area (Å²) < 4.78 is 17.7. The molecule has 0 N–H and O–H groups in total. The van der Waals surface area contributed by atoms with Crippen molar-refractivity contribution >= 4 is 8.80 Å². The van der Waals surface area contributed by atoms with E-state index in [1.807, 2.05) is 20.8 Å². The monoisotopic (exact) mass is 343 g/mol. The minimum absolute atomic E-state index is 0.616. The van der Waals surface area contributed by atoms with Crippen molar-refractivity contribution in [1.82, 2.24) is 9.80 Å². The molecule has 0 bridgehead atoms. The van der Waals surface area contributed by atoms with E-state index in [1.54, 1.807) is 0 Å². The van der Waals surface area contributed by atoms with Crippen molar-refractivity contribution in [2.45, 2.75) is 33.2 Å². The molecule has 0 amide bonds. The van der Waals surface area contributed by atoms with Gasteiger partial charge < -0.3 is 23.0 Å². The maximum atomic E-state index is 6.87. The third-order valence-corrected chi connectivity index (χ3v) is 7.19. The van der Waals surface area contributed by atoms with Crippen LogP contribution in [0.3, 0.4) is 0 Å². The van der Waals surface area contributed by atoms with Crippen LogP contribution < -0.4 is 0 Å². The Morgan fingerprint density at radius 1 is 0.870 bits per heavy atom. The molecule has 0 atom stereocenters. The molecule has 0 spiro atoms. The van der Waals surface area contributed by atoms with E-state index in [9.17, 15) is 0 Å². The van der Waals surface area contributed by atoms with Crippen molar-refractivity contribution in [3.8, 4) is 0 Å². The topological polar surface area (TPSA) is 38.5 Å². The molecular weight excluding hydrogens is 310 g/mol. The van der Waals surface area contributed by atoms with Gasteiger partial charge in [-0.25, -0.2) is 6.57 Å². The van der Waals surface area contributed by atoms with E-state index in [-0.39, 0.29) is 0 Å². The molecule has 0 aliphatic carbocycles. The molecule has 0 aromatic rings. The first-order valence-electron chi connectivity index (χ1n) is 8.89. The second-order valence-corrected chi connectivity index (χ2v) is 8.38. The zero-order valence-corrected chi connectivity index (χ0v) is 16.1. The second kappa shape index (κ2) is 12.0. The molecule has 1 aliphatic heterocycles. The van der Waals surface area contributed by atoms with Crippen LogP contribution in [0, 0.1) is 6.57 Å². The highest BCUT2D eigenvalue weighted by atomic mass is 28.4. The minimum atomic E-state index is -2.48. The number of piperazine rings is 1. The molecular formula is C16H33N3O3Si. The van der Waals surface area contributed by atoms with Gasteiger partial charge in [0.1, 0.15) is 0 Å². The molecule has 134 valence electrons. The van der Waals surface area contributed by atoms with Gasteiger partial charge in [0.05, 0.1) is 6.54 Å². The molecule has 1 rings (SSSR count). The lowest BCUT2D eigenvalue weighted by Crippen LogP contribution is -2.49. The van der Waals surface area contributed by atoms with Gasteiger partial charge in [-0.05, 0) is 33.7 Å². The highest BCUT2D eigenvalue weighted by molar-refractivity contribution is 6.60. The normalized spacial score (nSPS) is 17.3. The van der Waals surface area contributed by atoms with Gasteiger partial charge in [-0.2, -0.15) is 0 Å². The van der Waals surface area contributed by atoms with E-state index in [2.05, 4.69) is 14.6 Å². The molecule has 1 heterocycles. The summed E-state index contributed by atoms with van der Waals surface area (Å²) in [5, 5.41) is 0. The Hall–Kier alpha value is -0.493. The number of hydrogen-bond acceptors (Lipinski definition) is 5. The quantitative estimate of drug-likeness (QED) is 0.400. The molecule has 0 radical (unpaired) electrons. The second-order valence-electron chi connectivity index (χ2n) is 5.65. The van der Waals surface area contributed by atoms with E-state index in [1.165, 1.54) is 0 Å². The standard InChI is InChI=1S/C16H33N3O3Si/c1-5-20-23(21-6-2,22-7-3)16-8-10-18-12-14-19(15-13-18)11-9-17-4/h5-16H2,1-3H3. The summed E-state index contributed by atoms with van der Waals surface area (Å²) in [6.07, 6.45) is 1.05. The van der Waals surface area contributed by atoms with Crippen LogP contribution in [-0.4, -0.2) is 84.2 Å². The van der Waals surface area contributed by atoms with Gasteiger partial charge >= 0.3 is 8.80 Å². The molecule has 6 nitrogen and oxygen atoms in total. The van der Waals surface area contributed by atoms with Gasteiger partial charge in [-0.1, -0.05) is 0 Å². The summed E-state index contributed by atoms with van der Waals surface area (Å²) in [4.78, 5) is 8.32. The smallest absolute Gasteiger partial charge is 0.374 e. The van der Waals surface area contributed by atoms with Crippen LogP contribution in [0.15, 0.2) is 0 Å². The lowest BCUT2D eigenvalue weighted by Gasteiger charge is -2.34. The third kappa shape index (κ3) is 7.74. The van der Waals surface area contributed by atoms with Crippen LogP contribution in [-0.2, 0) is 13.3 Å². The lowest BCUT2D eigenvalue weighted by atomic mass is 10.3. The molecule has 0 unspecified atom stereocenters. The summed E-state index contributed by atoms with van der Waals surface area (Å²) >= 11 is 0. The van der Waals surface area contributed by atoms with E-state index in [0.29, 0.717) is 26.4 Å². The van der Waals surface area contributed by atoms with Gasteiger partial charge in [0.15, 0.2) is 0 Å². The lowest BCUT2D eigenvalue weighted by molar-refractivity contribution is 0.0688. The molecule has 0 saturated carbocycles. The summed E-state index contributed by atoms with van der Waals surface area (Å²) in [5.74, 6) is 0. The Balaban J connectivity index is 2.32. The molecule has 23 heavy (non-hydrogen) atoms. The first-order valence-corrected chi connectivity index (χ1v) is 10.8. The van der Waals surface area contributed by atoms with E-state index in [4.69, 9.17) is 19.9 Å². The average molecular weight is 344 g/mol. The average Bonchev–Trinajstić information content (AvgIpc) is 2.55. The van der Waals surface area contributed by atoms with E-state index < -0.39 is 8.80 Å². The highest BCUT2D eigenvalue weighted by Crippen LogP contribution is 2.18. The molecule has 1 fully saturated rings. The van der Waals surface area contributed by atoms with Gasteiger partial charge in [0, 0.05) is 52.0 Å². The summed E-state index contributed by atoms with van der Waals surface area (Å²) in [7, 11) is -2.48. The number of hydrogen-bond donors (Lipinski definition) is 0. The fourth-order valence-electron chi connectivity index (χ4n) is 2.95. The largest absolute Gasteiger partial charge is 0.500 e. The Labute approximate surface area is 142 Å². The van der Waals surface area contributed by atoms with Crippen LogP contribution in [0.25, 0.3) is 4.85 Å². The van der Waals surface area contributed by atoms with E-state index in [0.717, 1.165) is 51.7 Å². The number of rotatable bonds is 12. The summed E-state index contributed by atoms with van der Waals surface area (Å²) in [5.41, 5.74) is 0. The Kier molecular flexibility index (Phi) is 10.7. The van der Waals surface area contributed by atoms with Gasteiger partial charge in [-0.3, -0.25) is 4.90 Å². The van der Waals surface area contributed by atoms with Crippen molar-refractivity contribution in [2.75, 3.05) is 65.6 Å². The molecule has 1 saturated heterocycles. The molecule has 0 aromatic carbocycles. The van der Waals surface area contributed by atoms with Crippen molar-refractivity contribution < 1.29 is 13.3 Å². The Morgan fingerprint density at radius 3 is 1.78 bits per heavy atom. The van der Waals surface area contributed by atoms with Crippen LogP contribution in [0.2, 0.25) is 6.04 Å². The molecule has 7 heteroatoms. The first-order chi connectivity index (χ1) is 11.2. The zero-order chi connectivity index (χ0) is 17.0. The fraction of sp³-hybridized carbons (Fsp3) is 0.938. The van der Waals surface area contributed by atoms with Gasteiger partial charge in [-0.15, -0.1) is 0 Å². The van der Waals surface area contributed by atoms with Gasteiger partial charge in [0.2, 0.25) is 6.54 Å². The first kappa shape index (κ1) is 20.6. The van der Waals surface area contributed by atoms with Crippen LogP contribution in [0.4, 0.5) is 0 Å². The minimum Gasteiger partial charge on any atom is -0.374 e. The Bertz CT molecular complexity index is 327. The van der Waals surface area contributed by atoms with Crippen molar-refractivity contribution in [3.05, 3.63) is 11.4 Å². The predicted octanol–water partition coefficient (Wildman–Crippen LogP) is 1.96. The fourth-order valence-corrected chi connectivity index (χ4v) is 5.54. The molecule has 0 aromatic heterocycles. The summed E-state index contributed by atoms with van der Waals surface area (Å²) in [6.45, 7) is 21.7. The number of nitrogens with zero attached hydrogens (tertiary/aromatic N) is 3. The Morgan fingerprint density at radius 2 is 1.35 bits per heavy atom. The maximum absolute atomic E-state index is 6.87. The predicted molar refractivity (Wildman–Crippen MR) is 94.4 cm³/mol. The van der Waals surface area contributed by atoms with Gasteiger partial charge in [0.25, 0.3) is 0 Å². The SMILES string of the molecule is [C-]#[N+]CCN1CCN(CCC[Si](OCC)(OCC)OCC)CC1. The highest BCUT2D eigenvalue weighted by Gasteiger charge is 2.39. The summed E-state index contributed by atoms with van der Waals surface area (Å²) in [6, 6.07) is 0.889.